The molecule has 1 aromatic carbocycles. The maximum absolute atomic E-state index is 13.9. The molecule has 41 heavy (non-hydrogen) atoms. The van der Waals surface area contributed by atoms with Crippen LogP contribution in [0.25, 0.3) is 22.0 Å². The number of carbonyl (C=O) groups excluding carboxylic acids is 3. The highest BCUT2D eigenvalue weighted by molar-refractivity contribution is 6.07. The molecule has 9 heteroatoms. The van der Waals surface area contributed by atoms with Crippen LogP contribution in [-0.2, 0) is 16.1 Å². The monoisotopic (exact) mass is 556 g/mol. The van der Waals surface area contributed by atoms with Crippen molar-refractivity contribution in [3.05, 3.63) is 41.6 Å². The van der Waals surface area contributed by atoms with Gasteiger partial charge in [-0.2, -0.15) is 5.10 Å². The van der Waals surface area contributed by atoms with Crippen LogP contribution in [0, 0.1) is 25.2 Å². The van der Waals surface area contributed by atoms with Crippen molar-refractivity contribution >= 4 is 28.5 Å². The van der Waals surface area contributed by atoms with E-state index in [1.54, 1.807) is 17.1 Å². The van der Waals surface area contributed by atoms with Crippen LogP contribution in [0.5, 0.6) is 0 Å². The predicted molar refractivity (Wildman–Crippen MR) is 156 cm³/mol. The number of ketones is 1. The summed E-state index contributed by atoms with van der Waals surface area (Å²) in [5.41, 5.74) is 3.72. The molecule has 2 saturated carbocycles. The number of benzene rings is 1. The Morgan fingerprint density at radius 1 is 1.05 bits per heavy atom. The minimum absolute atomic E-state index is 0.0105. The lowest BCUT2D eigenvalue weighted by Gasteiger charge is -2.32. The molecule has 1 saturated heterocycles. The summed E-state index contributed by atoms with van der Waals surface area (Å²) in [5.74, 6) is 0.856. The van der Waals surface area contributed by atoms with Crippen LogP contribution >= 0.6 is 0 Å². The standard InChI is InChI=1S/C32H40N6O3/c1-18-11-23(24-15-33-21(4)34-16-24)12-25-29(20(3)39)36-37(30(18)25)17-28(40)38-26(13-32(5)14-27(32)38)31(41)35-19(2)22-9-7-6-8-10-22/h11-12,15-16,19,22,26-27H,6-10,13-14,17H2,1-5H3,(H,35,41)/t19?,26-,27+,32-/m0/s1. The SMILES string of the molecule is CC(=O)c1nn(CC(=O)N2[C@H](C(=O)NC(C)C3CCCCC3)C[C@@]3(C)C[C@@H]23)c2c(C)cc(-c3cnc(C)nc3)cc12. The van der Waals surface area contributed by atoms with Gasteiger partial charge < -0.3 is 10.2 Å². The van der Waals surface area contributed by atoms with E-state index in [2.05, 4.69) is 34.2 Å². The third kappa shape index (κ3) is 5.04. The van der Waals surface area contributed by atoms with Gasteiger partial charge >= 0.3 is 0 Å². The zero-order chi connectivity index (χ0) is 29.1. The Bertz CT molecular complexity index is 1520. The van der Waals surface area contributed by atoms with Gasteiger partial charge in [-0.05, 0) is 81.0 Å². The summed E-state index contributed by atoms with van der Waals surface area (Å²) >= 11 is 0. The minimum Gasteiger partial charge on any atom is -0.352 e. The van der Waals surface area contributed by atoms with Crippen LogP contribution in [-0.4, -0.2) is 60.4 Å². The summed E-state index contributed by atoms with van der Waals surface area (Å²) in [7, 11) is 0. The Balaban J connectivity index is 1.27. The molecule has 1 N–H and O–H groups in total. The zero-order valence-electron chi connectivity index (χ0n) is 24.7. The lowest BCUT2D eigenvalue weighted by Crippen LogP contribution is -2.52. The van der Waals surface area contributed by atoms with Gasteiger partial charge in [0, 0.05) is 42.4 Å². The number of Topliss-reactive ketones (excluding diaryl/α,β-unsaturated/α-hetero) is 1. The van der Waals surface area contributed by atoms with E-state index in [4.69, 9.17) is 0 Å². The van der Waals surface area contributed by atoms with Gasteiger partial charge in [0.25, 0.3) is 0 Å². The van der Waals surface area contributed by atoms with Crippen LogP contribution in [0.3, 0.4) is 0 Å². The van der Waals surface area contributed by atoms with Gasteiger partial charge in [0.1, 0.15) is 24.1 Å². The molecule has 0 bridgehead atoms. The first-order valence-electron chi connectivity index (χ1n) is 15.0. The highest BCUT2D eigenvalue weighted by Crippen LogP contribution is 2.59. The summed E-state index contributed by atoms with van der Waals surface area (Å²) in [5, 5.41) is 8.61. The number of nitrogens with one attached hydrogen (secondary N) is 1. The molecule has 2 aromatic heterocycles. The average molecular weight is 557 g/mol. The number of likely N-dealkylation sites (tertiary alicyclic amines) is 1. The Kier molecular flexibility index (Phi) is 6.94. The molecule has 9 nitrogen and oxygen atoms in total. The Morgan fingerprint density at radius 2 is 1.76 bits per heavy atom. The molecule has 2 amide bonds. The third-order valence-corrected chi connectivity index (χ3v) is 9.72. The molecule has 6 rings (SSSR count). The van der Waals surface area contributed by atoms with Crippen molar-refractivity contribution in [2.75, 3.05) is 0 Å². The molecule has 1 unspecified atom stereocenters. The first-order valence-corrected chi connectivity index (χ1v) is 15.0. The number of aryl methyl sites for hydroxylation is 2. The van der Waals surface area contributed by atoms with E-state index in [0.717, 1.165) is 41.5 Å². The first kappa shape index (κ1) is 27.5. The second-order valence-corrected chi connectivity index (χ2v) is 12.9. The lowest BCUT2D eigenvalue weighted by molar-refractivity contribution is -0.140. The molecule has 216 valence electrons. The lowest BCUT2D eigenvalue weighted by atomic mass is 9.84. The van der Waals surface area contributed by atoms with Gasteiger partial charge in [-0.25, -0.2) is 9.97 Å². The number of rotatable bonds is 7. The van der Waals surface area contributed by atoms with E-state index in [1.807, 2.05) is 30.9 Å². The maximum Gasteiger partial charge on any atom is 0.245 e. The molecule has 3 fully saturated rings. The number of nitrogens with zero attached hydrogens (tertiary/aromatic N) is 5. The third-order valence-electron chi connectivity index (χ3n) is 9.72. The van der Waals surface area contributed by atoms with Crippen LogP contribution in [0.15, 0.2) is 24.5 Å². The van der Waals surface area contributed by atoms with Gasteiger partial charge in [0.2, 0.25) is 11.8 Å². The predicted octanol–water partition coefficient (Wildman–Crippen LogP) is 4.78. The molecule has 0 spiro atoms. The Labute approximate surface area is 241 Å². The summed E-state index contributed by atoms with van der Waals surface area (Å²) in [6, 6.07) is 3.64. The molecule has 3 aromatic rings. The topological polar surface area (TPSA) is 110 Å². The van der Waals surface area contributed by atoms with Crippen molar-refractivity contribution in [2.45, 2.75) is 104 Å². The normalized spacial score (nSPS) is 24.8. The second-order valence-electron chi connectivity index (χ2n) is 12.9. The summed E-state index contributed by atoms with van der Waals surface area (Å²) in [6.07, 6.45) is 11.2. The summed E-state index contributed by atoms with van der Waals surface area (Å²) in [4.78, 5) is 50.6. The van der Waals surface area contributed by atoms with E-state index in [9.17, 15) is 14.4 Å². The molecule has 4 atom stereocenters. The first-order chi connectivity index (χ1) is 19.6. The van der Waals surface area contributed by atoms with Crippen molar-refractivity contribution < 1.29 is 14.4 Å². The van der Waals surface area contributed by atoms with E-state index < -0.39 is 6.04 Å². The number of fused-ring (bicyclic) bond motifs is 2. The zero-order valence-corrected chi connectivity index (χ0v) is 24.7. The molecule has 3 aliphatic rings. The van der Waals surface area contributed by atoms with Gasteiger partial charge in [0.05, 0.1) is 5.52 Å². The molecular formula is C32H40N6O3. The highest BCUT2D eigenvalue weighted by Gasteiger charge is 2.64. The van der Waals surface area contributed by atoms with Gasteiger partial charge in [-0.3, -0.25) is 19.1 Å². The van der Waals surface area contributed by atoms with Crippen molar-refractivity contribution in [3.8, 4) is 11.1 Å². The van der Waals surface area contributed by atoms with E-state index >= 15 is 0 Å². The fourth-order valence-electron chi connectivity index (χ4n) is 7.25. The van der Waals surface area contributed by atoms with Crippen LogP contribution in [0.1, 0.15) is 87.6 Å². The molecule has 3 heterocycles. The molecular weight excluding hydrogens is 516 g/mol. The van der Waals surface area contributed by atoms with Crippen molar-refractivity contribution in [1.82, 2.24) is 30.0 Å². The number of hydrogen-bond acceptors (Lipinski definition) is 6. The van der Waals surface area contributed by atoms with Gasteiger partial charge in [0.15, 0.2) is 5.78 Å². The highest BCUT2D eigenvalue weighted by atomic mass is 16.2. The quantitative estimate of drug-likeness (QED) is 0.420. The van der Waals surface area contributed by atoms with Crippen LogP contribution in [0.2, 0.25) is 0 Å². The number of piperidine rings is 1. The van der Waals surface area contributed by atoms with Crippen LogP contribution < -0.4 is 5.32 Å². The Hall–Kier alpha value is -3.62. The van der Waals surface area contributed by atoms with E-state index in [1.165, 1.54) is 26.2 Å². The van der Waals surface area contributed by atoms with Crippen molar-refractivity contribution in [3.63, 3.8) is 0 Å². The van der Waals surface area contributed by atoms with Crippen LogP contribution in [0.4, 0.5) is 0 Å². The fourth-order valence-corrected chi connectivity index (χ4v) is 7.25. The van der Waals surface area contributed by atoms with Crippen molar-refractivity contribution in [1.29, 1.82) is 0 Å². The molecule has 0 radical (unpaired) electrons. The number of aromatic nitrogens is 4. The minimum atomic E-state index is -0.472. The van der Waals surface area contributed by atoms with E-state index in [0.29, 0.717) is 29.2 Å². The fraction of sp³-hybridized carbons (Fsp3) is 0.562. The second kappa shape index (κ2) is 10.3. The number of amides is 2. The van der Waals surface area contributed by atoms with Crippen molar-refractivity contribution in [2.24, 2.45) is 11.3 Å². The smallest absolute Gasteiger partial charge is 0.245 e. The van der Waals surface area contributed by atoms with E-state index in [-0.39, 0.29) is 41.6 Å². The summed E-state index contributed by atoms with van der Waals surface area (Å²) in [6.45, 7) is 9.55. The molecule has 2 aliphatic carbocycles. The number of hydrogen-bond donors (Lipinski definition) is 1. The molecule has 1 aliphatic heterocycles. The maximum atomic E-state index is 13.9. The average Bonchev–Trinajstić information content (AvgIpc) is 3.30. The number of carbonyl (C=O) groups is 3. The summed E-state index contributed by atoms with van der Waals surface area (Å²) < 4.78 is 1.65. The Morgan fingerprint density at radius 3 is 2.44 bits per heavy atom. The van der Waals surface area contributed by atoms with Gasteiger partial charge in [-0.15, -0.1) is 0 Å². The van der Waals surface area contributed by atoms with Gasteiger partial charge in [-0.1, -0.05) is 26.2 Å². The largest absolute Gasteiger partial charge is 0.352 e.